The third-order valence-electron chi connectivity index (χ3n) is 3.49. The molecule has 1 amide bonds. The van der Waals surface area contributed by atoms with E-state index in [9.17, 15) is 9.59 Å². The fraction of sp³-hybridized carbons (Fsp3) is 0.429. The van der Waals surface area contributed by atoms with Crippen LogP contribution in [0.3, 0.4) is 0 Å². The zero-order valence-electron chi connectivity index (χ0n) is 11.0. The molecule has 19 heavy (non-hydrogen) atoms. The maximum absolute atomic E-state index is 11.8. The van der Waals surface area contributed by atoms with Gasteiger partial charge in [-0.15, -0.1) is 0 Å². The number of carboxylic acids is 1. The summed E-state index contributed by atoms with van der Waals surface area (Å²) in [5.41, 5.74) is 2.13. The number of carbonyl (C=O) groups excluding carboxylic acids is 1. The maximum atomic E-state index is 11.8. The molecule has 0 aromatic heterocycles. The van der Waals surface area contributed by atoms with E-state index in [0.29, 0.717) is 5.75 Å². The molecule has 0 spiro atoms. The van der Waals surface area contributed by atoms with Gasteiger partial charge in [0.25, 0.3) is 5.91 Å². The Morgan fingerprint density at radius 2 is 2.05 bits per heavy atom. The largest absolute Gasteiger partial charge is 0.483 e. The molecule has 0 aliphatic carbocycles. The third-order valence-corrected chi connectivity index (χ3v) is 3.49. The van der Waals surface area contributed by atoms with Gasteiger partial charge in [-0.3, -0.25) is 9.59 Å². The predicted molar refractivity (Wildman–Crippen MR) is 69.1 cm³/mol. The molecule has 0 bridgehead atoms. The first-order chi connectivity index (χ1) is 8.99. The van der Waals surface area contributed by atoms with Gasteiger partial charge in [-0.25, -0.2) is 0 Å². The van der Waals surface area contributed by atoms with Crippen LogP contribution in [-0.2, 0) is 9.59 Å². The molecule has 0 radical (unpaired) electrons. The number of aliphatic carboxylic acids is 1. The van der Waals surface area contributed by atoms with Crippen molar-refractivity contribution in [3.05, 3.63) is 29.3 Å². The van der Waals surface area contributed by atoms with Crippen LogP contribution in [0.1, 0.15) is 11.1 Å². The minimum atomic E-state index is -0.848. The van der Waals surface area contributed by atoms with Crippen molar-refractivity contribution in [3.8, 4) is 5.75 Å². The summed E-state index contributed by atoms with van der Waals surface area (Å²) in [5.74, 6) is -0.744. The zero-order valence-corrected chi connectivity index (χ0v) is 11.0. The number of carbonyl (C=O) groups is 2. The van der Waals surface area contributed by atoms with Crippen molar-refractivity contribution in [2.75, 3.05) is 19.7 Å². The fourth-order valence-electron chi connectivity index (χ4n) is 1.95. The number of aryl methyl sites for hydroxylation is 1. The second-order valence-electron chi connectivity index (χ2n) is 4.82. The first-order valence-corrected chi connectivity index (χ1v) is 6.18. The molecule has 0 atom stereocenters. The third kappa shape index (κ3) is 2.86. The quantitative estimate of drug-likeness (QED) is 0.887. The summed E-state index contributed by atoms with van der Waals surface area (Å²) in [6.07, 6.45) is 0. The first kappa shape index (κ1) is 13.4. The van der Waals surface area contributed by atoms with E-state index in [0.717, 1.165) is 11.1 Å². The van der Waals surface area contributed by atoms with E-state index >= 15 is 0 Å². The lowest BCUT2D eigenvalue weighted by Gasteiger charge is -2.36. The molecule has 5 heteroatoms. The second kappa shape index (κ2) is 5.30. The summed E-state index contributed by atoms with van der Waals surface area (Å²) in [7, 11) is 0. The number of amides is 1. The zero-order chi connectivity index (χ0) is 14.0. The van der Waals surface area contributed by atoms with Gasteiger partial charge < -0.3 is 14.7 Å². The van der Waals surface area contributed by atoms with Gasteiger partial charge in [0.1, 0.15) is 5.75 Å². The van der Waals surface area contributed by atoms with Crippen LogP contribution >= 0.6 is 0 Å². The van der Waals surface area contributed by atoms with E-state index in [1.165, 1.54) is 4.90 Å². The summed E-state index contributed by atoms with van der Waals surface area (Å²) < 4.78 is 5.49. The highest BCUT2D eigenvalue weighted by atomic mass is 16.5. The molecule has 1 fully saturated rings. The topological polar surface area (TPSA) is 66.8 Å². The Kier molecular flexibility index (Phi) is 3.74. The van der Waals surface area contributed by atoms with Crippen molar-refractivity contribution >= 4 is 11.9 Å². The van der Waals surface area contributed by atoms with Crippen molar-refractivity contribution in [2.24, 2.45) is 5.92 Å². The van der Waals surface area contributed by atoms with Gasteiger partial charge in [0.05, 0.1) is 5.92 Å². The Morgan fingerprint density at radius 1 is 1.37 bits per heavy atom. The van der Waals surface area contributed by atoms with E-state index in [4.69, 9.17) is 9.84 Å². The molecule has 102 valence electrons. The van der Waals surface area contributed by atoms with E-state index in [1.807, 2.05) is 32.0 Å². The minimum Gasteiger partial charge on any atom is -0.483 e. The Morgan fingerprint density at radius 3 is 2.68 bits per heavy atom. The van der Waals surface area contributed by atoms with Crippen LogP contribution in [0.15, 0.2) is 18.2 Å². The second-order valence-corrected chi connectivity index (χ2v) is 4.82. The SMILES string of the molecule is Cc1cccc(OCC(=O)N2CC(C(=O)O)C2)c1C. The Bertz CT molecular complexity index is 506. The normalized spacial score (nSPS) is 14.9. The summed E-state index contributed by atoms with van der Waals surface area (Å²) in [6.45, 7) is 4.45. The van der Waals surface area contributed by atoms with E-state index < -0.39 is 11.9 Å². The molecule has 1 N–H and O–H groups in total. The van der Waals surface area contributed by atoms with Gasteiger partial charge in [-0.1, -0.05) is 12.1 Å². The van der Waals surface area contributed by atoms with Crippen molar-refractivity contribution in [3.63, 3.8) is 0 Å². The van der Waals surface area contributed by atoms with Crippen LogP contribution in [0.25, 0.3) is 0 Å². The highest BCUT2D eigenvalue weighted by molar-refractivity contribution is 5.82. The van der Waals surface area contributed by atoms with Crippen molar-refractivity contribution in [1.29, 1.82) is 0 Å². The monoisotopic (exact) mass is 263 g/mol. The lowest BCUT2D eigenvalue weighted by molar-refractivity contribution is -0.153. The fourth-order valence-corrected chi connectivity index (χ4v) is 1.95. The lowest BCUT2D eigenvalue weighted by atomic mass is 10.0. The molecule has 2 rings (SSSR count). The number of rotatable bonds is 4. The maximum Gasteiger partial charge on any atom is 0.310 e. The number of benzene rings is 1. The van der Waals surface area contributed by atoms with Gasteiger partial charge in [-0.2, -0.15) is 0 Å². The molecule has 1 heterocycles. The number of carboxylic acid groups (broad SMARTS) is 1. The van der Waals surface area contributed by atoms with E-state index in [-0.39, 0.29) is 25.6 Å². The molecule has 1 saturated heterocycles. The first-order valence-electron chi connectivity index (χ1n) is 6.18. The number of ether oxygens (including phenoxy) is 1. The minimum absolute atomic E-state index is 0.0450. The molecule has 1 aliphatic heterocycles. The van der Waals surface area contributed by atoms with Crippen LogP contribution in [0.2, 0.25) is 0 Å². The molecule has 0 saturated carbocycles. The number of likely N-dealkylation sites (tertiary alicyclic amines) is 1. The molecular formula is C14H17NO4. The smallest absolute Gasteiger partial charge is 0.310 e. The van der Waals surface area contributed by atoms with Crippen molar-refractivity contribution < 1.29 is 19.4 Å². The Hall–Kier alpha value is -2.04. The van der Waals surface area contributed by atoms with Gasteiger partial charge in [0, 0.05) is 13.1 Å². The van der Waals surface area contributed by atoms with Crippen molar-refractivity contribution in [2.45, 2.75) is 13.8 Å². The highest BCUT2D eigenvalue weighted by Crippen LogP contribution is 2.21. The molecular weight excluding hydrogens is 246 g/mol. The Labute approximate surface area is 111 Å². The van der Waals surface area contributed by atoms with Gasteiger partial charge in [-0.05, 0) is 31.0 Å². The summed E-state index contributed by atoms with van der Waals surface area (Å²) in [6, 6.07) is 5.69. The van der Waals surface area contributed by atoms with Crippen LogP contribution in [0.5, 0.6) is 5.75 Å². The molecule has 0 unspecified atom stereocenters. The average molecular weight is 263 g/mol. The predicted octanol–water partition coefficient (Wildman–Crippen LogP) is 1.23. The van der Waals surface area contributed by atoms with Gasteiger partial charge in [0.2, 0.25) is 0 Å². The van der Waals surface area contributed by atoms with Crippen LogP contribution in [-0.4, -0.2) is 41.6 Å². The summed E-state index contributed by atoms with van der Waals surface area (Å²) in [4.78, 5) is 23.9. The summed E-state index contributed by atoms with van der Waals surface area (Å²) >= 11 is 0. The van der Waals surface area contributed by atoms with Crippen LogP contribution in [0, 0.1) is 19.8 Å². The van der Waals surface area contributed by atoms with Gasteiger partial charge >= 0.3 is 5.97 Å². The standard InChI is InChI=1S/C14H17NO4/c1-9-4-3-5-12(10(9)2)19-8-13(16)15-6-11(7-15)14(17)18/h3-5,11H,6-8H2,1-2H3,(H,17,18). The molecule has 5 nitrogen and oxygen atoms in total. The van der Waals surface area contributed by atoms with Crippen LogP contribution < -0.4 is 4.74 Å². The van der Waals surface area contributed by atoms with Crippen LogP contribution in [0.4, 0.5) is 0 Å². The van der Waals surface area contributed by atoms with E-state index in [1.54, 1.807) is 0 Å². The Balaban J connectivity index is 1.85. The molecule has 1 aromatic rings. The average Bonchev–Trinajstić information content (AvgIpc) is 2.28. The molecule has 1 aromatic carbocycles. The lowest BCUT2D eigenvalue weighted by Crippen LogP contribution is -2.54. The number of hydrogen-bond donors (Lipinski definition) is 1. The highest BCUT2D eigenvalue weighted by Gasteiger charge is 2.35. The van der Waals surface area contributed by atoms with E-state index in [2.05, 4.69) is 0 Å². The number of nitrogens with zero attached hydrogens (tertiary/aromatic N) is 1. The van der Waals surface area contributed by atoms with Gasteiger partial charge in [0.15, 0.2) is 6.61 Å². The number of hydrogen-bond acceptors (Lipinski definition) is 3. The van der Waals surface area contributed by atoms with Crippen molar-refractivity contribution in [1.82, 2.24) is 4.90 Å². The summed E-state index contributed by atoms with van der Waals surface area (Å²) in [5, 5.41) is 8.74. The molecule has 1 aliphatic rings.